The van der Waals surface area contributed by atoms with Crippen molar-refractivity contribution in [3.8, 4) is 27.8 Å². The van der Waals surface area contributed by atoms with Gasteiger partial charge in [-0.2, -0.15) is 0 Å². The van der Waals surface area contributed by atoms with E-state index in [1.54, 1.807) is 13.3 Å². The molecule has 1 aliphatic heterocycles. The Morgan fingerprint density at radius 2 is 2.09 bits per heavy atom. The van der Waals surface area contributed by atoms with Gasteiger partial charge in [0.1, 0.15) is 5.69 Å². The zero-order valence-electron chi connectivity index (χ0n) is 19.7. The summed E-state index contributed by atoms with van der Waals surface area (Å²) in [5.74, 6) is 2.61. The molecule has 4 aromatic rings. The zero-order valence-corrected chi connectivity index (χ0v) is 20.5. The van der Waals surface area contributed by atoms with Crippen molar-refractivity contribution in [2.45, 2.75) is 26.2 Å². The Kier molecular flexibility index (Phi) is 5.56. The van der Waals surface area contributed by atoms with Crippen LogP contribution in [0.5, 0.6) is 17.4 Å². The third-order valence-electron chi connectivity index (χ3n) is 6.52. The minimum Gasteiger partial charge on any atom is -0.481 e. The number of carbonyl (C=O) groups is 1. The molecule has 4 heterocycles. The van der Waals surface area contributed by atoms with Crippen LogP contribution in [-0.2, 0) is 6.42 Å². The molecule has 1 saturated carbocycles. The Hall–Kier alpha value is -3.59. The molecule has 180 valence electrons. The Morgan fingerprint density at radius 3 is 2.83 bits per heavy atom. The standard InChI is InChI=1S/C26H26N4O4S/c1-15-29-24(25(35-15)18-5-6-23(32-2)28-12-18)26(31)30(13-16-3-4-16)8-7-17-11-27-20-10-22-21(9-19(17)20)33-14-34-22/h5-6,9-12,16,27H,3-4,7-8,13-14H2,1-2H3. The number of aryl methyl sites for hydroxylation is 1. The summed E-state index contributed by atoms with van der Waals surface area (Å²) in [4.78, 5) is 28.9. The summed E-state index contributed by atoms with van der Waals surface area (Å²) in [5.41, 5.74) is 3.54. The molecular weight excluding hydrogens is 464 g/mol. The molecule has 1 aromatic carbocycles. The van der Waals surface area contributed by atoms with Gasteiger partial charge < -0.3 is 24.1 Å². The molecule has 3 aromatic heterocycles. The van der Waals surface area contributed by atoms with Crippen molar-refractivity contribution in [1.29, 1.82) is 0 Å². The van der Waals surface area contributed by atoms with Crippen LogP contribution in [0.2, 0.25) is 0 Å². The van der Waals surface area contributed by atoms with Crippen molar-refractivity contribution < 1.29 is 19.0 Å². The molecule has 35 heavy (non-hydrogen) atoms. The van der Waals surface area contributed by atoms with Crippen molar-refractivity contribution in [2.24, 2.45) is 5.92 Å². The van der Waals surface area contributed by atoms with Gasteiger partial charge in [0, 0.05) is 54.1 Å². The minimum absolute atomic E-state index is 0.0236. The van der Waals surface area contributed by atoms with Crippen molar-refractivity contribution >= 4 is 28.1 Å². The number of pyridine rings is 1. The number of hydrogen-bond acceptors (Lipinski definition) is 7. The van der Waals surface area contributed by atoms with E-state index in [0.29, 0.717) is 24.0 Å². The van der Waals surface area contributed by atoms with E-state index < -0.39 is 0 Å². The Bertz CT molecular complexity index is 1390. The maximum atomic E-state index is 13.8. The van der Waals surface area contributed by atoms with E-state index in [-0.39, 0.29) is 12.7 Å². The molecule has 0 saturated heterocycles. The molecule has 0 atom stereocenters. The normalized spacial score (nSPS) is 14.5. The Balaban J connectivity index is 1.26. The fourth-order valence-corrected chi connectivity index (χ4v) is 5.37. The molecule has 1 aliphatic carbocycles. The van der Waals surface area contributed by atoms with Gasteiger partial charge in [0.15, 0.2) is 11.5 Å². The predicted molar refractivity (Wildman–Crippen MR) is 133 cm³/mol. The van der Waals surface area contributed by atoms with Crippen LogP contribution in [0.4, 0.5) is 0 Å². The summed E-state index contributed by atoms with van der Waals surface area (Å²) in [6.45, 7) is 3.56. The number of carbonyl (C=O) groups excluding carboxylic acids is 1. The summed E-state index contributed by atoms with van der Waals surface area (Å²) in [7, 11) is 1.59. The van der Waals surface area contributed by atoms with Crippen molar-refractivity contribution in [3.63, 3.8) is 0 Å². The van der Waals surface area contributed by atoms with Gasteiger partial charge in [0.05, 0.1) is 17.0 Å². The largest absolute Gasteiger partial charge is 0.481 e. The van der Waals surface area contributed by atoms with Crippen molar-refractivity contribution in [1.82, 2.24) is 19.9 Å². The fraction of sp³-hybridized carbons (Fsp3) is 0.346. The molecular formula is C26H26N4O4S. The highest BCUT2D eigenvalue weighted by Crippen LogP contribution is 2.37. The lowest BCUT2D eigenvalue weighted by Gasteiger charge is -2.22. The van der Waals surface area contributed by atoms with E-state index >= 15 is 0 Å². The van der Waals surface area contributed by atoms with Crippen LogP contribution >= 0.6 is 11.3 Å². The first kappa shape index (κ1) is 21.9. The number of H-pyrrole nitrogens is 1. The Morgan fingerprint density at radius 1 is 1.26 bits per heavy atom. The van der Waals surface area contributed by atoms with Crippen LogP contribution in [0.25, 0.3) is 21.3 Å². The van der Waals surface area contributed by atoms with Gasteiger partial charge in [-0.1, -0.05) is 0 Å². The molecule has 0 bridgehead atoms. The van der Waals surface area contributed by atoms with Crippen LogP contribution in [0.15, 0.2) is 36.7 Å². The van der Waals surface area contributed by atoms with Gasteiger partial charge in [-0.3, -0.25) is 4.79 Å². The number of fused-ring (bicyclic) bond motifs is 2. The molecule has 0 radical (unpaired) electrons. The average molecular weight is 491 g/mol. The van der Waals surface area contributed by atoms with Crippen LogP contribution in [0.1, 0.15) is 33.9 Å². The van der Waals surface area contributed by atoms with E-state index in [1.165, 1.54) is 24.2 Å². The lowest BCUT2D eigenvalue weighted by atomic mass is 10.1. The number of nitrogens with one attached hydrogen (secondary N) is 1. The molecule has 9 heteroatoms. The monoisotopic (exact) mass is 490 g/mol. The van der Waals surface area contributed by atoms with Crippen LogP contribution in [0.3, 0.4) is 0 Å². The van der Waals surface area contributed by atoms with Gasteiger partial charge in [-0.05, 0) is 49.8 Å². The molecule has 8 nitrogen and oxygen atoms in total. The van der Waals surface area contributed by atoms with E-state index in [2.05, 4.69) is 15.0 Å². The first-order chi connectivity index (χ1) is 17.1. The first-order valence-electron chi connectivity index (χ1n) is 11.8. The van der Waals surface area contributed by atoms with Gasteiger partial charge >= 0.3 is 0 Å². The number of methoxy groups -OCH3 is 1. The van der Waals surface area contributed by atoms with E-state index in [9.17, 15) is 4.79 Å². The number of ether oxygens (including phenoxy) is 3. The fourth-order valence-electron chi connectivity index (χ4n) is 4.47. The molecule has 2 aliphatic rings. The number of benzene rings is 1. The van der Waals surface area contributed by atoms with Crippen LogP contribution < -0.4 is 14.2 Å². The van der Waals surface area contributed by atoms with Gasteiger partial charge in [-0.25, -0.2) is 9.97 Å². The number of aromatic nitrogens is 3. The maximum Gasteiger partial charge on any atom is 0.274 e. The van der Waals surface area contributed by atoms with E-state index in [0.717, 1.165) is 56.4 Å². The molecule has 0 unspecified atom stereocenters. The zero-order chi connectivity index (χ0) is 23.9. The summed E-state index contributed by atoms with van der Waals surface area (Å²) >= 11 is 1.52. The summed E-state index contributed by atoms with van der Waals surface area (Å²) < 4.78 is 16.2. The average Bonchev–Trinajstić information content (AvgIpc) is 3.24. The van der Waals surface area contributed by atoms with Crippen LogP contribution in [-0.4, -0.2) is 52.8 Å². The third kappa shape index (κ3) is 4.32. The second kappa shape index (κ2) is 8.88. The quantitative estimate of drug-likeness (QED) is 0.381. The Labute approximate surface area is 206 Å². The number of rotatable bonds is 8. The van der Waals surface area contributed by atoms with Crippen molar-refractivity contribution in [2.75, 3.05) is 27.0 Å². The highest BCUT2D eigenvalue weighted by Gasteiger charge is 2.30. The summed E-state index contributed by atoms with van der Waals surface area (Å²) in [6.07, 6.45) is 6.84. The second-order valence-corrected chi connectivity index (χ2v) is 10.2. The molecule has 1 amide bonds. The van der Waals surface area contributed by atoms with Gasteiger partial charge in [0.2, 0.25) is 12.7 Å². The summed E-state index contributed by atoms with van der Waals surface area (Å²) in [6, 6.07) is 7.73. The van der Waals surface area contributed by atoms with E-state index in [1.807, 2.05) is 42.3 Å². The number of amides is 1. The lowest BCUT2D eigenvalue weighted by molar-refractivity contribution is 0.0745. The molecule has 6 rings (SSSR count). The maximum absolute atomic E-state index is 13.8. The predicted octanol–water partition coefficient (Wildman–Crippen LogP) is 4.83. The minimum atomic E-state index is -0.0236. The topological polar surface area (TPSA) is 89.6 Å². The number of aromatic amines is 1. The third-order valence-corrected chi connectivity index (χ3v) is 7.54. The first-order valence-corrected chi connectivity index (χ1v) is 12.6. The SMILES string of the molecule is COc1ccc(-c2sc(C)nc2C(=O)N(CCc2c[nH]c3cc4c(cc23)OCO4)CC2CC2)cn1. The molecule has 1 fully saturated rings. The number of hydrogen-bond donors (Lipinski definition) is 1. The number of nitrogens with zero attached hydrogens (tertiary/aromatic N) is 3. The van der Waals surface area contributed by atoms with Crippen molar-refractivity contribution in [3.05, 3.63) is 52.9 Å². The lowest BCUT2D eigenvalue weighted by Crippen LogP contribution is -2.35. The van der Waals surface area contributed by atoms with E-state index in [4.69, 9.17) is 14.2 Å². The number of thiazole rings is 1. The van der Waals surface area contributed by atoms with Gasteiger partial charge in [0.25, 0.3) is 5.91 Å². The molecule has 0 spiro atoms. The molecule has 1 N–H and O–H groups in total. The summed E-state index contributed by atoms with van der Waals surface area (Å²) in [5, 5.41) is 1.96. The highest BCUT2D eigenvalue weighted by atomic mass is 32.1. The second-order valence-electron chi connectivity index (χ2n) is 9.01. The van der Waals surface area contributed by atoms with Gasteiger partial charge in [-0.15, -0.1) is 11.3 Å². The highest BCUT2D eigenvalue weighted by molar-refractivity contribution is 7.15. The smallest absolute Gasteiger partial charge is 0.274 e. The van der Waals surface area contributed by atoms with Crippen LogP contribution in [0, 0.1) is 12.8 Å².